The molecular formula is C11H13N3. The number of para-hydroxylation sites is 1. The summed E-state index contributed by atoms with van der Waals surface area (Å²) in [7, 11) is 0. The maximum atomic E-state index is 5.83. The van der Waals surface area contributed by atoms with Crippen LogP contribution in [0.3, 0.4) is 0 Å². The van der Waals surface area contributed by atoms with Gasteiger partial charge >= 0.3 is 0 Å². The molecule has 0 saturated heterocycles. The largest absolute Gasteiger partial charge is 0.397 e. The lowest BCUT2D eigenvalue weighted by Crippen LogP contribution is -1.89. The third-order valence-electron chi connectivity index (χ3n) is 2.77. The first-order chi connectivity index (χ1) is 6.83. The second kappa shape index (κ2) is 2.74. The molecule has 1 fully saturated rings. The van der Waals surface area contributed by atoms with E-state index in [9.17, 15) is 0 Å². The van der Waals surface area contributed by atoms with Crippen LogP contribution in [-0.4, -0.2) is 9.97 Å². The van der Waals surface area contributed by atoms with Crippen LogP contribution in [0.25, 0.3) is 11.0 Å². The average molecular weight is 187 g/mol. The van der Waals surface area contributed by atoms with Crippen molar-refractivity contribution in [1.82, 2.24) is 9.97 Å². The van der Waals surface area contributed by atoms with Gasteiger partial charge in [0, 0.05) is 6.42 Å². The summed E-state index contributed by atoms with van der Waals surface area (Å²) >= 11 is 0. The summed E-state index contributed by atoms with van der Waals surface area (Å²) < 4.78 is 0. The fraction of sp³-hybridized carbons (Fsp3) is 0.364. The number of fused-ring (bicyclic) bond motifs is 1. The topological polar surface area (TPSA) is 54.7 Å². The fourth-order valence-corrected chi connectivity index (χ4v) is 1.80. The van der Waals surface area contributed by atoms with Crippen molar-refractivity contribution in [2.45, 2.75) is 19.3 Å². The van der Waals surface area contributed by atoms with Crippen LogP contribution in [-0.2, 0) is 6.42 Å². The van der Waals surface area contributed by atoms with Gasteiger partial charge in [-0.05, 0) is 30.9 Å². The molecular weight excluding hydrogens is 174 g/mol. The van der Waals surface area contributed by atoms with Gasteiger partial charge in [0.2, 0.25) is 0 Å². The minimum absolute atomic E-state index is 0.765. The summed E-state index contributed by atoms with van der Waals surface area (Å²) in [5, 5.41) is 0. The minimum Gasteiger partial charge on any atom is -0.397 e. The van der Waals surface area contributed by atoms with E-state index in [0.717, 1.165) is 34.9 Å². The first kappa shape index (κ1) is 7.85. The van der Waals surface area contributed by atoms with Gasteiger partial charge in [0.1, 0.15) is 11.3 Å². The Morgan fingerprint density at radius 1 is 1.43 bits per heavy atom. The Morgan fingerprint density at radius 3 is 3.00 bits per heavy atom. The predicted octanol–water partition coefficient (Wildman–Crippen LogP) is 2.10. The van der Waals surface area contributed by atoms with E-state index in [4.69, 9.17) is 5.73 Å². The highest BCUT2D eigenvalue weighted by atomic mass is 14.9. The number of imidazole rings is 1. The normalized spacial score (nSPS) is 16.3. The van der Waals surface area contributed by atoms with Crippen LogP contribution in [0.4, 0.5) is 5.69 Å². The Labute approximate surface area is 82.3 Å². The zero-order valence-electron chi connectivity index (χ0n) is 7.96. The second-order valence-electron chi connectivity index (χ2n) is 4.07. The highest BCUT2D eigenvalue weighted by molar-refractivity contribution is 5.86. The summed E-state index contributed by atoms with van der Waals surface area (Å²) in [6.45, 7) is 0. The number of nitrogen functional groups attached to an aromatic ring is 1. The molecule has 0 atom stereocenters. The Kier molecular flexibility index (Phi) is 1.54. The van der Waals surface area contributed by atoms with Crippen LogP contribution >= 0.6 is 0 Å². The third kappa shape index (κ3) is 1.25. The molecule has 1 aromatic heterocycles. The molecule has 0 spiro atoms. The quantitative estimate of drug-likeness (QED) is 0.707. The van der Waals surface area contributed by atoms with Crippen molar-refractivity contribution in [2.75, 3.05) is 5.73 Å². The van der Waals surface area contributed by atoms with Crippen molar-refractivity contribution in [2.24, 2.45) is 5.92 Å². The van der Waals surface area contributed by atoms with Crippen molar-refractivity contribution in [3.05, 3.63) is 24.0 Å². The van der Waals surface area contributed by atoms with Gasteiger partial charge in [0.15, 0.2) is 0 Å². The van der Waals surface area contributed by atoms with Crippen LogP contribution in [0.5, 0.6) is 0 Å². The van der Waals surface area contributed by atoms with Crippen molar-refractivity contribution in [3.8, 4) is 0 Å². The van der Waals surface area contributed by atoms with Gasteiger partial charge in [-0.25, -0.2) is 4.98 Å². The van der Waals surface area contributed by atoms with Crippen LogP contribution in [0, 0.1) is 5.92 Å². The molecule has 0 bridgehead atoms. The van der Waals surface area contributed by atoms with Crippen molar-refractivity contribution in [3.63, 3.8) is 0 Å². The number of nitrogens with zero attached hydrogens (tertiary/aromatic N) is 1. The molecule has 1 saturated carbocycles. The molecule has 2 aromatic rings. The van der Waals surface area contributed by atoms with Gasteiger partial charge in [-0.2, -0.15) is 0 Å². The van der Waals surface area contributed by atoms with Crippen molar-refractivity contribution >= 4 is 16.7 Å². The summed E-state index contributed by atoms with van der Waals surface area (Å²) in [5.41, 5.74) is 8.57. The van der Waals surface area contributed by atoms with Crippen LogP contribution in [0.1, 0.15) is 18.7 Å². The van der Waals surface area contributed by atoms with E-state index in [-0.39, 0.29) is 0 Å². The van der Waals surface area contributed by atoms with E-state index in [2.05, 4.69) is 9.97 Å². The van der Waals surface area contributed by atoms with E-state index in [1.54, 1.807) is 0 Å². The van der Waals surface area contributed by atoms with Crippen LogP contribution in [0.2, 0.25) is 0 Å². The number of nitrogens with two attached hydrogens (primary N) is 1. The monoisotopic (exact) mass is 187 g/mol. The second-order valence-corrected chi connectivity index (χ2v) is 4.07. The molecule has 72 valence electrons. The maximum Gasteiger partial charge on any atom is 0.111 e. The first-order valence-electron chi connectivity index (χ1n) is 5.06. The number of hydrogen-bond donors (Lipinski definition) is 2. The first-order valence-corrected chi connectivity index (χ1v) is 5.06. The molecule has 0 radical (unpaired) electrons. The lowest BCUT2D eigenvalue weighted by molar-refractivity contribution is 0.788. The minimum atomic E-state index is 0.765. The molecule has 1 aliphatic carbocycles. The third-order valence-corrected chi connectivity index (χ3v) is 2.77. The van der Waals surface area contributed by atoms with E-state index < -0.39 is 0 Å². The smallest absolute Gasteiger partial charge is 0.111 e. The number of anilines is 1. The zero-order valence-corrected chi connectivity index (χ0v) is 7.96. The number of benzene rings is 1. The molecule has 0 aliphatic heterocycles. The highest BCUT2D eigenvalue weighted by Crippen LogP contribution is 2.32. The van der Waals surface area contributed by atoms with Crippen molar-refractivity contribution < 1.29 is 0 Å². The lowest BCUT2D eigenvalue weighted by Gasteiger charge is -1.90. The molecule has 3 heteroatoms. The number of H-pyrrole nitrogens is 1. The van der Waals surface area contributed by atoms with Crippen LogP contribution < -0.4 is 5.73 Å². The molecule has 14 heavy (non-hydrogen) atoms. The maximum absolute atomic E-state index is 5.83. The summed E-state index contributed by atoms with van der Waals surface area (Å²) in [6, 6.07) is 5.87. The number of rotatable bonds is 2. The van der Waals surface area contributed by atoms with Gasteiger partial charge in [-0.3, -0.25) is 0 Å². The SMILES string of the molecule is Nc1cccc2[nH]c(CC3CC3)nc12. The van der Waals surface area contributed by atoms with Gasteiger partial charge in [-0.15, -0.1) is 0 Å². The fourth-order valence-electron chi connectivity index (χ4n) is 1.80. The lowest BCUT2D eigenvalue weighted by atomic mass is 10.3. The molecule has 0 amide bonds. The Hall–Kier alpha value is -1.51. The molecule has 0 unspecified atom stereocenters. The Bertz CT molecular complexity index is 468. The van der Waals surface area contributed by atoms with E-state index in [1.165, 1.54) is 12.8 Å². The highest BCUT2D eigenvalue weighted by Gasteiger charge is 2.23. The molecule has 3 nitrogen and oxygen atoms in total. The summed E-state index contributed by atoms with van der Waals surface area (Å²) in [6.07, 6.45) is 3.78. The number of hydrogen-bond acceptors (Lipinski definition) is 2. The van der Waals surface area contributed by atoms with Crippen LogP contribution in [0.15, 0.2) is 18.2 Å². The molecule has 3 rings (SSSR count). The number of aromatic amines is 1. The predicted molar refractivity (Wildman–Crippen MR) is 56.9 cm³/mol. The van der Waals surface area contributed by atoms with Gasteiger partial charge in [0.25, 0.3) is 0 Å². The number of aromatic nitrogens is 2. The molecule has 1 aromatic carbocycles. The van der Waals surface area contributed by atoms with Gasteiger partial charge < -0.3 is 10.7 Å². The molecule has 1 heterocycles. The molecule has 1 aliphatic rings. The number of nitrogens with one attached hydrogen (secondary N) is 1. The van der Waals surface area contributed by atoms with E-state index in [1.807, 2.05) is 18.2 Å². The van der Waals surface area contributed by atoms with E-state index >= 15 is 0 Å². The summed E-state index contributed by atoms with van der Waals surface area (Å²) in [4.78, 5) is 7.83. The van der Waals surface area contributed by atoms with Crippen molar-refractivity contribution in [1.29, 1.82) is 0 Å². The Morgan fingerprint density at radius 2 is 2.29 bits per heavy atom. The van der Waals surface area contributed by atoms with Gasteiger partial charge in [-0.1, -0.05) is 6.07 Å². The van der Waals surface area contributed by atoms with Gasteiger partial charge in [0.05, 0.1) is 11.2 Å². The van der Waals surface area contributed by atoms with E-state index in [0.29, 0.717) is 0 Å². The average Bonchev–Trinajstić information content (AvgIpc) is 2.84. The standard InChI is InChI=1S/C11H13N3/c12-8-2-1-3-9-11(8)14-10(13-9)6-7-4-5-7/h1-3,7H,4-6,12H2,(H,13,14). The summed E-state index contributed by atoms with van der Waals surface area (Å²) in [5.74, 6) is 1.94. The Balaban J connectivity index is 2.05. The zero-order chi connectivity index (χ0) is 9.54. The molecule has 3 N–H and O–H groups in total.